The Labute approximate surface area is 158 Å². The number of nitrogens with zero attached hydrogens (tertiary/aromatic N) is 2. The first-order valence-corrected chi connectivity index (χ1v) is 8.24. The van der Waals surface area contributed by atoms with Crippen LogP contribution in [0.2, 0.25) is 5.02 Å². The molecule has 5 nitrogen and oxygen atoms in total. The predicted octanol–water partition coefficient (Wildman–Crippen LogP) is 4.72. The molecule has 3 aromatic rings. The van der Waals surface area contributed by atoms with Gasteiger partial charge in [0, 0.05) is 18.5 Å². The highest BCUT2D eigenvalue weighted by atomic mass is 35.5. The molecule has 27 heavy (non-hydrogen) atoms. The molecule has 1 heterocycles. The summed E-state index contributed by atoms with van der Waals surface area (Å²) in [6.07, 6.45) is 1.40. The van der Waals surface area contributed by atoms with Crippen LogP contribution in [0.4, 0.5) is 14.5 Å². The molecule has 0 aliphatic carbocycles. The van der Waals surface area contributed by atoms with Gasteiger partial charge in [-0.2, -0.15) is 5.26 Å². The number of nitriles is 1. The third kappa shape index (κ3) is 4.30. The average molecular weight is 388 g/mol. The van der Waals surface area contributed by atoms with Gasteiger partial charge in [-0.15, -0.1) is 0 Å². The molecule has 1 amide bonds. The van der Waals surface area contributed by atoms with Crippen molar-refractivity contribution in [2.75, 3.05) is 5.32 Å². The quantitative estimate of drug-likeness (QED) is 0.687. The van der Waals surface area contributed by atoms with Crippen molar-refractivity contribution < 1.29 is 18.0 Å². The Balaban J connectivity index is 1.62. The van der Waals surface area contributed by atoms with Crippen LogP contribution in [0.25, 0.3) is 11.3 Å². The van der Waals surface area contributed by atoms with Crippen LogP contribution in [0.15, 0.2) is 47.0 Å². The van der Waals surface area contributed by atoms with E-state index >= 15 is 0 Å². The third-order valence-electron chi connectivity index (χ3n) is 3.70. The maximum Gasteiger partial charge on any atom is 0.224 e. The second-order valence-corrected chi connectivity index (χ2v) is 5.98. The van der Waals surface area contributed by atoms with E-state index in [1.807, 2.05) is 6.07 Å². The lowest BCUT2D eigenvalue weighted by molar-refractivity contribution is -0.116. The Bertz CT molecular complexity index is 1020. The molecule has 1 aromatic heterocycles. The van der Waals surface area contributed by atoms with E-state index in [1.54, 1.807) is 6.07 Å². The van der Waals surface area contributed by atoms with Crippen LogP contribution in [0.5, 0.6) is 0 Å². The maximum atomic E-state index is 13.8. The smallest absolute Gasteiger partial charge is 0.224 e. The van der Waals surface area contributed by atoms with Crippen LogP contribution in [0.3, 0.4) is 0 Å². The predicted molar refractivity (Wildman–Crippen MR) is 95.0 cm³/mol. The lowest BCUT2D eigenvalue weighted by Crippen LogP contribution is -2.12. The molecule has 8 heteroatoms. The molecule has 0 bridgehead atoms. The SMILES string of the molecule is N#Cc1ccc(NC(=O)CCc2ncc(-c3c(F)cccc3F)o2)cc1Cl. The van der Waals surface area contributed by atoms with Crippen LogP contribution in [-0.2, 0) is 11.2 Å². The summed E-state index contributed by atoms with van der Waals surface area (Å²) >= 11 is 5.91. The number of rotatable bonds is 5. The number of carbonyl (C=O) groups is 1. The van der Waals surface area contributed by atoms with E-state index in [9.17, 15) is 13.6 Å². The van der Waals surface area contributed by atoms with Crippen molar-refractivity contribution >= 4 is 23.2 Å². The Morgan fingerprint density at radius 2 is 2.00 bits per heavy atom. The van der Waals surface area contributed by atoms with Crippen LogP contribution >= 0.6 is 11.6 Å². The normalized spacial score (nSPS) is 10.4. The number of amides is 1. The molecule has 3 rings (SSSR count). The summed E-state index contributed by atoms with van der Waals surface area (Å²) in [5.74, 6) is -1.70. The topological polar surface area (TPSA) is 78.9 Å². The van der Waals surface area contributed by atoms with Gasteiger partial charge in [-0.1, -0.05) is 17.7 Å². The van der Waals surface area contributed by atoms with E-state index in [-0.39, 0.29) is 41.0 Å². The number of hydrogen-bond donors (Lipinski definition) is 1. The van der Waals surface area contributed by atoms with Crippen molar-refractivity contribution in [2.24, 2.45) is 0 Å². The molecular formula is C19H12ClF2N3O2. The fourth-order valence-corrected chi connectivity index (χ4v) is 2.62. The summed E-state index contributed by atoms with van der Waals surface area (Å²) in [4.78, 5) is 16.0. The highest BCUT2D eigenvalue weighted by Gasteiger charge is 2.16. The van der Waals surface area contributed by atoms with Crippen molar-refractivity contribution in [1.29, 1.82) is 5.26 Å². The van der Waals surface area contributed by atoms with Gasteiger partial charge in [-0.3, -0.25) is 4.79 Å². The molecule has 0 radical (unpaired) electrons. The summed E-state index contributed by atoms with van der Waals surface area (Å²) in [7, 11) is 0. The second-order valence-electron chi connectivity index (χ2n) is 5.57. The Morgan fingerprint density at radius 1 is 1.26 bits per heavy atom. The summed E-state index contributed by atoms with van der Waals surface area (Å²) in [5, 5.41) is 11.7. The summed E-state index contributed by atoms with van der Waals surface area (Å²) in [6.45, 7) is 0. The Hall–Kier alpha value is -3.24. The van der Waals surface area contributed by atoms with E-state index in [0.717, 1.165) is 12.1 Å². The first-order chi connectivity index (χ1) is 13.0. The number of benzene rings is 2. The van der Waals surface area contributed by atoms with Gasteiger partial charge in [0.15, 0.2) is 11.7 Å². The lowest BCUT2D eigenvalue weighted by Gasteiger charge is -2.05. The van der Waals surface area contributed by atoms with Gasteiger partial charge in [-0.25, -0.2) is 13.8 Å². The number of oxazole rings is 1. The zero-order valence-corrected chi connectivity index (χ0v) is 14.6. The fourth-order valence-electron chi connectivity index (χ4n) is 2.40. The molecule has 0 spiro atoms. The maximum absolute atomic E-state index is 13.8. The van der Waals surface area contributed by atoms with Crippen LogP contribution in [0, 0.1) is 23.0 Å². The molecule has 0 saturated carbocycles. The van der Waals surface area contributed by atoms with E-state index in [2.05, 4.69) is 10.3 Å². The lowest BCUT2D eigenvalue weighted by atomic mass is 10.1. The van der Waals surface area contributed by atoms with Crippen molar-refractivity contribution in [1.82, 2.24) is 4.98 Å². The van der Waals surface area contributed by atoms with Crippen molar-refractivity contribution in [2.45, 2.75) is 12.8 Å². The average Bonchev–Trinajstić information content (AvgIpc) is 3.08. The molecule has 0 aliphatic rings. The van der Waals surface area contributed by atoms with Gasteiger partial charge >= 0.3 is 0 Å². The van der Waals surface area contributed by atoms with E-state index < -0.39 is 11.6 Å². The fraction of sp³-hybridized carbons (Fsp3) is 0.105. The molecule has 1 N–H and O–H groups in total. The second kappa shape index (κ2) is 7.98. The monoisotopic (exact) mass is 387 g/mol. The zero-order chi connectivity index (χ0) is 19.4. The number of anilines is 1. The van der Waals surface area contributed by atoms with Crippen LogP contribution in [0.1, 0.15) is 17.9 Å². The summed E-state index contributed by atoms with van der Waals surface area (Å²) < 4.78 is 32.9. The van der Waals surface area contributed by atoms with Crippen molar-refractivity contribution in [3.05, 3.63) is 70.7 Å². The molecule has 136 valence electrons. The number of hydrogen-bond acceptors (Lipinski definition) is 4. The van der Waals surface area contributed by atoms with Gasteiger partial charge in [-0.05, 0) is 30.3 Å². The minimum atomic E-state index is -0.756. The number of carbonyl (C=O) groups excluding carboxylic acids is 1. The largest absolute Gasteiger partial charge is 0.441 e. The van der Waals surface area contributed by atoms with Gasteiger partial charge in [0.05, 0.1) is 22.3 Å². The van der Waals surface area contributed by atoms with Crippen LogP contribution in [-0.4, -0.2) is 10.9 Å². The zero-order valence-electron chi connectivity index (χ0n) is 13.8. The van der Waals surface area contributed by atoms with E-state index in [0.29, 0.717) is 11.3 Å². The van der Waals surface area contributed by atoms with Gasteiger partial charge in [0.2, 0.25) is 5.91 Å². The molecule has 0 atom stereocenters. The van der Waals surface area contributed by atoms with Crippen molar-refractivity contribution in [3.63, 3.8) is 0 Å². The molecular weight excluding hydrogens is 376 g/mol. The third-order valence-corrected chi connectivity index (χ3v) is 4.01. The van der Waals surface area contributed by atoms with E-state index in [1.165, 1.54) is 24.4 Å². The summed E-state index contributed by atoms with van der Waals surface area (Å²) in [6, 6.07) is 9.96. The molecule has 0 fully saturated rings. The number of aryl methyl sites for hydroxylation is 1. The molecule has 0 saturated heterocycles. The van der Waals surface area contributed by atoms with Gasteiger partial charge in [0.1, 0.15) is 17.7 Å². The highest BCUT2D eigenvalue weighted by Crippen LogP contribution is 2.27. The van der Waals surface area contributed by atoms with Gasteiger partial charge < -0.3 is 9.73 Å². The molecule has 0 unspecified atom stereocenters. The minimum Gasteiger partial charge on any atom is -0.441 e. The number of nitrogens with one attached hydrogen (secondary N) is 1. The highest BCUT2D eigenvalue weighted by molar-refractivity contribution is 6.32. The van der Waals surface area contributed by atoms with Gasteiger partial charge in [0.25, 0.3) is 0 Å². The Kier molecular flexibility index (Phi) is 5.48. The molecule has 2 aromatic carbocycles. The first kappa shape index (κ1) is 18.5. The Morgan fingerprint density at radius 3 is 2.67 bits per heavy atom. The van der Waals surface area contributed by atoms with Crippen LogP contribution < -0.4 is 5.32 Å². The minimum absolute atomic E-state index is 0.0390. The number of halogens is 3. The van der Waals surface area contributed by atoms with E-state index in [4.69, 9.17) is 21.3 Å². The number of aromatic nitrogens is 1. The first-order valence-electron chi connectivity index (χ1n) is 7.86. The molecule has 0 aliphatic heterocycles. The standard InChI is InChI=1S/C19H12ClF2N3O2/c20-13-8-12(5-4-11(13)9-23)25-17(26)6-7-18-24-10-16(27-18)19-14(21)2-1-3-15(19)22/h1-5,8,10H,6-7H2,(H,25,26). The van der Waals surface area contributed by atoms with Crippen molar-refractivity contribution in [3.8, 4) is 17.4 Å². The summed E-state index contributed by atoms with van der Waals surface area (Å²) in [5.41, 5.74) is 0.459.